The van der Waals surface area contributed by atoms with E-state index >= 15 is 0 Å². The van der Waals surface area contributed by atoms with Crippen molar-refractivity contribution in [3.05, 3.63) is 0 Å². The zero-order valence-electron chi connectivity index (χ0n) is 28.6. The van der Waals surface area contributed by atoms with E-state index in [4.69, 9.17) is 9.11 Å². The molecule has 0 saturated heterocycles. The van der Waals surface area contributed by atoms with Gasteiger partial charge in [0.15, 0.2) is 0 Å². The summed E-state index contributed by atoms with van der Waals surface area (Å²) in [5.41, 5.74) is -18.2. The predicted molar refractivity (Wildman–Crippen MR) is 159 cm³/mol. The number of carbonyl (C=O) groups is 3. The van der Waals surface area contributed by atoms with E-state index in [1.165, 1.54) is 0 Å². The van der Waals surface area contributed by atoms with Crippen LogP contribution in [0.1, 0.15) is 77.0 Å². The Hall–Kier alpha value is -2.41. The molecule has 0 spiro atoms. The highest BCUT2D eigenvalue weighted by Crippen LogP contribution is 2.78. The summed E-state index contributed by atoms with van der Waals surface area (Å²) in [5.74, 6) is -13.7. The molecule has 56 heavy (non-hydrogen) atoms. The van der Waals surface area contributed by atoms with Gasteiger partial charge in [-0.05, 0) is 99.2 Å². The third kappa shape index (κ3) is 6.68. The lowest BCUT2D eigenvalue weighted by atomic mass is 9.31. The topological polar surface area (TPSA) is 178 Å². The predicted octanol–water partition coefficient (Wildman–Crippen LogP) is 6.32. The van der Waals surface area contributed by atoms with E-state index in [9.17, 15) is 83.9 Å². The van der Waals surface area contributed by atoms with E-state index in [1.807, 2.05) is 0 Å². The van der Waals surface area contributed by atoms with Gasteiger partial charge in [-0.2, -0.15) is 69.5 Å². The quantitative estimate of drug-likeness (QED) is 0.143. The summed E-state index contributed by atoms with van der Waals surface area (Å²) < 4.78 is 241. The van der Waals surface area contributed by atoms with E-state index in [-0.39, 0.29) is 51.4 Å². The second-order valence-corrected chi connectivity index (χ2v) is 20.1. The molecule has 25 heteroatoms. The Bertz CT molecular complexity index is 1860. The van der Waals surface area contributed by atoms with Gasteiger partial charge in [-0.25, -0.2) is 0 Å². The van der Waals surface area contributed by atoms with Crippen molar-refractivity contribution in [1.29, 1.82) is 0 Å². The zero-order chi connectivity index (χ0) is 42.4. The third-order valence-corrected chi connectivity index (χ3v) is 14.9. The van der Waals surface area contributed by atoms with Crippen LogP contribution in [-0.4, -0.2) is 91.1 Å². The maximum absolute atomic E-state index is 14.4. The van der Waals surface area contributed by atoms with Crippen LogP contribution in [0.15, 0.2) is 0 Å². The minimum absolute atomic E-state index is 0.00329. The van der Waals surface area contributed by atoms with Gasteiger partial charge in [0.2, 0.25) is 0 Å². The second-order valence-electron chi connectivity index (χ2n) is 17.2. The smallest absolute Gasteiger partial charge is 0.438 e. The first kappa shape index (κ1) is 43.2. The molecular formula is C31H34F12O11S2. The van der Waals surface area contributed by atoms with Crippen LogP contribution in [0.5, 0.6) is 0 Å². The maximum atomic E-state index is 14.4. The van der Waals surface area contributed by atoms with Crippen molar-refractivity contribution >= 4 is 38.0 Å². The number of esters is 2. The van der Waals surface area contributed by atoms with E-state index in [0.29, 0.717) is 6.42 Å². The van der Waals surface area contributed by atoms with Crippen molar-refractivity contribution in [2.24, 2.45) is 45.3 Å². The van der Waals surface area contributed by atoms with E-state index in [2.05, 4.69) is 9.47 Å². The molecular weight excluding hydrogens is 840 g/mol. The monoisotopic (exact) mass is 874 g/mol. The van der Waals surface area contributed by atoms with Gasteiger partial charge in [-0.3, -0.25) is 23.5 Å². The van der Waals surface area contributed by atoms with Crippen LogP contribution in [0, 0.1) is 45.3 Å². The van der Waals surface area contributed by atoms with Gasteiger partial charge in [0.1, 0.15) is 17.3 Å². The first-order valence-corrected chi connectivity index (χ1v) is 20.4. The number of Topliss-reactive ketones (excluding diaryl/α,β-unsaturated/α-hetero) is 1. The molecule has 6 unspecified atom stereocenters. The van der Waals surface area contributed by atoms with Crippen LogP contribution in [0.3, 0.4) is 0 Å². The first-order valence-electron chi connectivity index (χ1n) is 17.1. The van der Waals surface area contributed by atoms with Crippen molar-refractivity contribution in [2.75, 3.05) is 11.5 Å². The van der Waals surface area contributed by atoms with Gasteiger partial charge in [0, 0.05) is 11.3 Å². The summed E-state index contributed by atoms with van der Waals surface area (Å²) in [4.78, 5) is 41.4. The van der Waals surface area contributed by atoms with Crippen LogP contribution in [0.2, 0.25) is 0 Å². The van der Waals surface area contributed by atoms with Crippen LogP contribution >= 0.6 is 0 Å². The third-order valence-electron chi connectivity index (χ3n) is 13.4. The van der Waals surface area contributed by atoms with Gasteiger partial charge in [-0.1, -0.05) is 0 Å². The lowest BCUT2D eigenvalue weighted by molar-refractivity contribution is -0.364. The number of hydrogen-bond donors (Lipinski definition) is 2. The number of halogens is 12. The largest absolute Gasteiger partial charge is 0.438 e. The Morgan fingerprint density at radius 1 is 0.625 bits per heavy atom. The molecule has 11 nitrogen and oxygen atoms in total. The van der Waals surface area contributed by atoms with Crippen LogP contribution in [-0.2, 0) is 44.1 Å². The molecule has 0 radical (unpaired) electrons. The molecule has 8 aliphatic rings. The molecule has 0 aromatic heterocycles. The highest BCUT2D eigenvalue weighted by atomic mass is 32.2. The van der Waals surface area contributed by atoms with E-state index < -0.39 is 150 Å². The number of hydrogen-bond acceptors (Lipinski definition) is 9. The Labute approximate surface area is 310 Å². The van der Waals surface area contributed by atoms with Crippen molar-refractivity contribution in [1.82, 2.24) is 0 Å². The average Bonchev–Trinajstić information content (AvgIpc) is 2.94. The average molecular weight is 875 g/mol. The molecule has 0 heterocycles. The molecule has 320 valence electrons. The first-order chi connectivity index (χ1) is 25.0. The van der Waals surface area contributed by atoms with Crippen molar-refractivity contribution in [3.8, 4) is 0 Å². The number of carbonyl (C=O) groups excluding carboxylic acids is 3. The lowest BCUT2D eigenvalue weighted by Crippen LogP contribution is -2.70. The summed E-state index contributed by atoms with van der Waals surface area (Å²) in [6, 6.07) is 0. The van der Waals surface area contributed by atoms with Crippen molar-refractivity contribution in [3.63, 3.8) is 0 Å². The zero-order valence-corrected chi connectivity index (χ0v) is 30.3. The minimum Gasteiger partial charge on any atom is -0.438 e. The Morgan fingerprint density at radius 2 is 1.07 bits per heavy atom. The van der Waals surface area contributed by atoms with Gasteiger partial charge < -0.3 is 9.47 Å². The SMILES string of the molecule is O=C(CC12CC3CC(C1)CC(C14CC5CC(CC(C(=O)OC(CS(=O)(=O)O)(C(F)(F)F)C(F)(F)F)(C5)C1)C4=O)(C3)C2)OC(CS(=O)(=O)O)(C(F)(F)F)C(F)(F)F. The van der Waals surface area contributed by atoms with E-state index in [1.54, 1.807) is 0 Å². The molecule has 0 aromatic rings. The minimum atomic E-state index is -6.63. The van der Waals surface area contributed by atoms with Crippen LogP contribution in [0.4, 0.5) is 52.7 Å². The number of rotatable bonds is 10. The molecule has 0 aromatic carbocycles. The highest BCUT2D eigenvalue weighted by molar-refractivity contribution is 7.86. The summed E-state index contributed by atoms with van der Waals surface area (Å²) in [7, 11) is -12.2. The molecule has 8 aliphatic carbocycles. The molecule has 2 N–H and O–H groups in total. The lowest BCUT2D eigenvalue weighted by Gasteiger charge is -2.72. The Balaban J connectivity index is 1.37. The highest BCUT2D eigenvalue weighted by Gasteiger charge is 2.80. The van der Waals surface area contributed by atoms with Gasteiger partial charge in [-0.15, -0.1) is 0 Å². The standard InChI is InChI=1S/C31H34F12O11S2/c32-28(33,34)26(29(35,36)37,13-55(47,48)49)53-19(44)10-22-3-15-1-16(4-22)7-24(6-15,11-22)25-8-17-2-18(20(25)45)9-23(5-17,12-25)21(46)54-27(30(38,39)40,31(41,42)43)14-56(50,51)52/h15-18H,1-14H2,(H,47,48,49)(H,50,51,52). The molecule has 8 fully saturated rings. The summed E-state index contributed by atoms with van der Waals surface area (Å²) in [5, 5.41) is 0. The van der Waals surface area contributed by atoms with Gasteiger partial charge in [0.25, 0.3) is 20.2 Å². The molecule has 0 aliphatic heterocycles. The summed E-state index contributed by atoms with van der Waals surface area (Å²) >= 11 is 0. The fraction of sp³-hybridized carbons (Fsp3) is 0.903. The van der Waals surface area contributed by atoms with Gasteiger partial charge in [0.05, 0.1) is 11.8 Å². The molecule has 8 saturated carbocycles. The fourth-order valence-electron chi connectivity index (χ4n) is 12.3. The van der Waals surface area contributed by atoms with Crippen molar-refractivity contribution in [2.45, 2.75) is 113 Å². The Kier molecular flexibility index (Phi) is 9.50. The normalized spacial score (nSPS) is 36.2. The summed E-state index contributed by atoms with van der Waals surface area (Å²) in [6.07, 6.45) is -28.9. The summed E-state index contributed by atoms with van der Waals surface area (Å²) in [6.45, 7) is 0. The fourth-order valence-corrected chi connectivity index (χ4v) is 14.1. The van der Waals surface area contributed by atoms with Crippen LogP contribution in [0.25, 0.3) is 0 Å². The number of ketones is 1. The number of alkyl halides is 12. The van der Waals surface area contributed by atoms with Crippen LogP contribution < -0.4 is 0 Å². The van der Waals surface area contributed by atoms with E-state index in [0.717, 1.165) is 0 Å². The van der Waals surface area contributed by atoms with Gasteiger partial charge >= 0.3 is 47.8 Å². The maximum Gasteiger partial charge on any atom is 0.438 e. The molecule has 6 atom stereocenters. The number of ether oxygens (including phenoxy) is 2. The molecule has 0 amide bonds. The second kappa shape index (κ2) is 12.3. The molecule has 8 bridgehead atoms. The van der Waals surface area contributed by atoms with Crippen molar-refractivity contribution < 1.29 is 102 Å². The molecule has 8 rings (SSSR count). The Morgan fingerprint density at radius 3 is 1.52 bits per heavy atom.